The Morgan fingerprint density at radius 3 is 2.72 bits per heavy atom. The van der Waals surface area contributed by atoms with Crippen LogP contribution in [0.3, 0.4) is 0 Å². The van der Waals surface area contributed by atoms with E-state index in [1.165, 1.54) is 17.8 Å². The number of nitrogen functional groups attached to an aromatic ring is 1. The van der Waals surface area contributed by atoms with E-state index in [1.54, 1.807) is 11.0 Å². The van der Waals surface area contributed by atoms with Crippen molar-refractivity contribution in [2.45, 2.75) is 25.9 Å². The largest absolute Gasteiger partial charge is 0.384 e. The number of piperazine rings is 1. The first kappa shape index (κ1) is 17.9. The van der Waals surface area contributed by atoms with Crippen molar-refractivity contribution in [2.75, 3.05) is 36.9 Å². The van der Waals surface area contributed by atoms with E-state index in [2.05, 4.69) is 16.0 Å². The zero-order chi connectivity index (χ0) is 18.2. The minimum atomic E-state index is -3.15. The van der Waals surface area contributed by atoms with Gasteiger partial charge in [-0.25, -0.2) is 13.4 Å². The molecule has 3 heterocycles. The van der Waals surface area contributed by atoms with E-state index in [0.717, 1.165) is 0 Å². The summed E-state index contributed by atoms with van der Waals surface area (Å²) in [6.45, 7) is 5.93. The number of allylic oxidation sites excluding steroid dienone is 1. The topological polar surface area (TPSA) is 96.6 Å². The van der Waals surface area contributed by atoms with E-state index in [9.17, 15) is 13.2 Å². The Morgan fingerprint density at radius 1 is 1.32 bits per heavy atom. The molecule has 0 unspecified atom stereocenters. The van der Waals surface area contributed by atoms with Crippen molar-refractivity contribution in [3.63, 3.8) is 0 Å². The van der Waals surface area contributed by atoms with Gasteiger partial charge in [-0.2, -0.15) is 0 Å². The zero-order valence-corrected chi connectivity index (χ0v) is 15.4. The molecule has 1 aromatic heterocycles. The number of fused-ring (bicyclic) bond motifs is 1. The molecule has 3 rings (SSSR count). The van der Waals surface area contributed by atoms with Crippen LogP contribution in [0.5, 0.6) is 0 Å². The molecule has 2 N–H and O–H groups in total. The summed E-state index contributed by atoms with van der Waals surface area (Å²) in [5.74, 6) is 0.234. The number of carbonyl (C=O) groups excluding carboxylic acids is 1. The predicted octanol–water partition coefficient (Wildman–Crippen LogP) is 0.553. The summed E-state index contributed by atoms with van der Waals surface area (Å²) in [7, 11) is -3.15. The van der Waals surface area contributed by atoms with Crippen molar-refractivity contribution >= 4 is 21.6 Å². The molecule has 25 heavy (non-hydrogen) atoms. The fourth-order valence-electron chi connectivity index (χ4n) is 3.55. The third kappa shape index (κ3) is 3.85. The van der Waals surface area contributed by atoms with Crippen molar-refractivity contribution in [3.8, 4) is 0 Å². The van der Waals surface area contributed by atoms with Crippen LogP contribution in [0.15, 0.2) is 30.0 Å². The highest BCUT2D eigenvalue weighted by atomic mass is 32.2. The number of carbonyl (C=O) groups is 1. The summed E-state index contributed by atoms with van der Waals surface area (Å²) in [6.07, 6.45) is 3.60. The van der Waals surface area contributed by atoms with E-state index in [1.807, 2.05) is 13.8 Å². The first-order valence-corrected chi connectivity index (χ1v) is 10.2. The average molecular weight is 364 g/mol. The lowest BCUT2D eigenvalue weighted by Gasteiger charge is -2.43. The number of nitrogens with two attached hydrogens (primary N) is 1. The maximum Gasteiger partial charge on any atom is 0.254 e. The summed E-state index contributed by atoms with van der Waals surface area (Å²) in [5.41, 5.74) is 7.32. The first-order valence-electron chi connectivity index (χ1n) is 8.37. The number of hydrogen-bond donors (Lipinski definition) is 1. The second kappa shape index (κ2) is 6.76. The molecule has 1 aromatic rings. The fourth-order valence-corrected chi connectivity index (χ4v) is 5.56. The van der Waals surface area contributed by atoms with Gasteiger partial charge in [0.2, 0.25) is 0 Å². The van der Waals surface area contributed by atoms with Gasteiger partial charge in [-0.3, -0.25) is 9.69 Å². The second-order valence-corrected chi connectivity index (χ2v) is 9.11. The molecule has 8 heteroatoms. The number of amides is 1. The highest BCUT2D eigenvalue weighted by Gasteiger charge is 2.47. The molecular weight excluding hydrogens is 340 g/mol. The number of nitrogens with zero attached hydrogens (tertiary/aromatic N) is 3. The molecule has 2 saturated heterocycles. The molecule has 2 aliphatic rings. The summed E-state index contributed by atoms with van der Waals surface area (Å²) < 4.78 is 24.5. The molecule has 2 fully saturated rings. The van der Waals surface area contributed by atoms with E-state index >= 15 is 0 Å². The molecule has 0 radical (unpaired) electrons. The van der Waals surface area contributed by atoms with E-state index < -0.39 is 9.84 Å². The average Bonchev–Trinajstić information content (AvgIpc) is 2.87. The van der Waals surface area contributed by atoms with Crippen LogP contribution in [0.1, 0.15) is 24.2 Å². The SMILES string of the molecule is CC(C)=CCN1CCN(C(=O)c2ccnc(N)c2)[C@H]2CS(=O)(=O)C[C@H]21. The lowest BCUT2D eigenvalue weighted by atomic mass is 10.0. The molecule has 136 valence electrons. The number of pyridine rings is 1. The molecule has 2 atom stereocenters. The molecule has 2 aliphatic heterocycles. The maximum absolute atomic E-state index is 12.9. The Hall–Kier alpha value is -1.93. The molecule has 0 spiro atoms. The highest BCUT2D eigenvalue weighted by molar-refractivity contribution is 7.91. The van der Waals surface area contributed by atoms with Crippen LogP contribution in [-0.2, 0) is 9.84 Å². The lowest BCUT2D eigenvalue weighted by Crippen LogP contribution is -2.60. The van der Waals surface area contributed by atoms with Crippen molar-refractivity contribution in [1.82, 2.24) is 14.8 Å². The number of sulfone groups is 1. The quantitative estimate of drug-likeness (QED) is 0.787. The smallest absolute Gasteiger partial charge is 0.254 e. The Morgan fingerprint density at radius 2 is 2.04 bits per heavy atom. The van der Waals surface area contributed by atoms with E-state index in [4.69, 9.17) is 5.73 Å². The summed E-state index contributed by atoms with van der Waals surface area (Å²) in [6, 6.07) is 2.69. The monoisotopic (exact) mass is 364 g/mol. The van der Waals surface area contributed by atoms with Gasteiger partial charge in [0.05, 0.1) is 17.5 Å². The normalized spacial score (nSPS) is 25.4. The summed E-state index contributed by atoms with van der Waals surface area (Å²) in [4.78, 5) is 20.7. The Balaban J connectivity index is 1.86. The Bertz CT molecular complexity index is 802. The second-order valence-electron chi connectivity index (χ2n) is 6.96. The molecule has 7 nitrogen and oxygen atoms in total. The molecule has 0 saturated carbocycles. The minimum absolute atomic E-state index is 0.0231. The first-order chi connectivity index (χ1) is 11.8. The van der Waals surface area contributed by atoms with Crippen molar-refractivity contribution in [1.29, 1.82) is 0 Å². The van der Waals surface area contributed by atoms with Gasteiger partial charge in [-0.15, -0.1) is 0 Å². The standard InChI is InChI=1S/C17H24N4O3S/c1-12(2)4-6-20-7-8-21(15-11-25(23,24)10-14(15)20)17(22)13-3-5-19-16(18)9-13/h3-5,9,14-15H,6-8,10-11H2,1-2H3,(H2,18,19)/t14-,15+/m1/s1. The van der Waals surface area contributed by atoms with E-state index in [0.29, 0.717) is 25.2 Å². The van der Waals surface area contributed by atoms with Crippen LogP contribution in [0.2, 0.25) is 0 Å². The summed E-state index contributed by atoms with van der Waals surface area (Å²) >= 11 is 0. The number of hydrogen-bond acceptors (Lipinski definition) is 6. The van der Waals surface area contributed by atoms with Gasteiger partial charge in [0, 0.05) is 37.4 Å². The van der Waals surface area contributed by atoms with E-state index in [-0.39, 0.29) is 35.3 Å². The van der Waals surface area contributed by atoms with Crippen molar-refractivity contribution < 1.29 is 13.2 Å². The minimum Gasteiger partial charge on any atom is -0.384 e. The number of aromatic nitrogens is 1. The van der Waals surface area contributed by atoms with Gasteiger partial charge in [-0.05, 0) is 26.0 Å². The number of anilines is 1. The van der Waals surface area contributed by atoms with Crippen LogP contribution in [0.4, 0.5) is 5.82 Å². The molecule has 0 aromatic carbocycles. The molecule has 1 amide bonds. The lowest BCUT2D eigenvalue weighted by molar-refractivity contribution is 0.0368. The Labute approximate surface area is 148 Å². The fraction of sp³-hybridized carbons (Fsp3) is 0.529. The van der Waals surface area contributed by atoms with Gasteiger partial charge in [0.25, 0.3) is 5.91 Å². The maximum atomic E-state index is 12.9. The van der Waals surface area contributed by atoms with Gasteiger partial charge < -0.3 is 10.6 Å². The van der Waals surface area contributed by atoms with Crippen molar-refractivity contribution in [3.05, 3.63) is 35.5 Å². The molecule has 0 bridgehead atoms. The zero-order valence-electron chi connectivity index (χ0n) is 14.6. The third-order valence-electron chi connectivity index (χ3n) is 4.81. The highest BCUT2D eigenvalue weighted by Crippen LogP contribution is 2.28. The van der Waals surface area contributed by atoms with Gasteiger partial charge in [0.15, 0.2) is 9.84 Å². The van der Waals surface area contributed by atoms with Crippen LogP contribution >= 0.6 is 0 Å². The predicted molar refractivity (Wildman–Crippen MR) is 96.9 cm³/mol. The van der Waals surface area contributed by atoms with Crippen LogP contribution < -0.4 is 5.73 Å². The Kier molecular flexibility index (Phi) is 4.83. The van der Waals surface area contributed by atoms with Crippen LogP contribution in [0, 0.1) is 0 Å². The number of rotatable bonds is 3. The summed E-state index contributed by atoms with van der Waals surface area (Å²) in [5, 5.41) is 0. The molecule has 0 aliphatic carbocycles. The van der Waals surface area contributed by atoms with Gasteiger partial charge in [0.1, 0.15) is 5.82 Å². The van der Waals surface area contributed by atoms with Crippen molar-refractivity contribution in [2.24, 2.45) is 0 Å². The van der Waals surface area contributed by atoms with Crippen LogP contribution in [0.25, 0.3) is 0 Å². The van der Waals surface area contributed by atoms with Crippen LogP contribution in [-0.4, -0.2) is 72.3 Å². The van der Waals surface area contributed by atoms with Gasteiger partial charge >= 0.3 is 0 Å². The molecular formula is C17H24N4O3S. The van der Waals surface area contributed by atoms with Gasteiger partial charge in [-0.1, -0.05) is 11.6 Å². The third-order valence-corrected chi connectivity index (χ3v) is 6.51.